The number of rotatable bonds is 5. The summed E-state index contributed by atoms with van der Waals surface area (Å²) < 4.78 is 4.95. The normalized spacial score (nSPS) is 13.7. The molecule has 0 amide bonds. The van der Waals surface area contributed by atoms with Crippen LogP contribution in [0, 0.1) is 6.92 Å². The highest BCUT2D eigenvalue weighted by atomic mass is 16.5. The molecule has 1 atom stereocenters. The van der Waals surface area contributed by atoms with Crippen molar-refractivity contribution in [2.24, 2.45) is 0 Å². The van der Waals surface area contributed by atoms with Crippen LogP contribution in [-0.2, 0) is 19.7 Å². The van der Waals surface area contributed by atoms with Crippen LogP contribution < -0.4 is 0 Å². The van der Waals surface area contributed by atoms with E-state index in [1.165, 1.54) is 0 Å². The number of benzene rings is 1. The molecular formula is C14H18O4. The van der Waals surface area contributed by atoms with Gasteiger partial charge in [-0.1, -0.05) is 31.2 Å². The van der Waals surface area contributed by atoms with Gasteiger partial charge in [0.2, 0.25) is 0 Å². The van der Waals surface area contributed by atoms with Gasteiger partial charge in [0.15, 0.2) is 5.41 Å². The Bertz CT molecular complexity index is 453. The smallest absolute Gasteiger partial charge is 0.328 e. The Kier molecular flexibility index (Phi) is 4.48. The molecule has 0 radical (unpaired) electrons. The monoisotopic (exact) mass is 250 g/mol. The topological polar surface area (TPSA) is 63.6 Å². The quantitative estimate of drug-likeness (QED) is 0.643. The SMILES string of the molecule is CCOC(=O)C(CC)(C(=O)O)c1ccccc1C. The molecule has 1 rings (SSSR count). The summed E-state index contributed by atoms with van der Waals surface area (Å²) in [7, 11) is 0. The van der Waals surface area contributed by atoms with E-state index in [1.54, 1.807) is 39.0 Å². The molecule has 1 N–H and O–H groups in total. The second-order valence-corrected chi connectivity index (χ2v) is 4.10. The minimum atomic E-state index is -1.61. The van der Waals surface area contributed by atoms with Gasteiger partial charge in [0.25, 0.3) is 0 Å². The van der Waals surface area contributed by atoms with Crippen LogP contribution in [0.4, 0.5) is 0 Å². The molecule has 0 saturated carbocycles. The first kappa shape index (κ1) is 14.2. The number of carbonyl (C=O) groups excluding carboxylic acids is 1. The summed E-state index contributed by atoms with van der Waals surface area (Å²) in [5.74, 6) is -1.87. The lowest BCUT2D eigenvalue weighted by atomic mass is 9.76. The summed E-state index contributed by atoms with van der Waals surface area (Å²) in [4.78, 5) is 23.7. The lowest BCUT2D eigenvalue weighted by Gasteiger charge is -2.27. The van der Waals surface area contributed by atoms with E-state index in [4.69, 9.17) is 4.74 Å². The van der Waals surface area contributed by atoms with Crippen molar-refractivity contribution in [3.05, 3.63) is 35.4 Å². The largest absolute Gasteiger partial charge is 0.480 e. The Morgan fingerprint density at radius 1 is 1.28 bits per heavy atom. The molecule has 4 heteroatoms. The molecule has 1 aromatic rings. The highest BCUT2D eigenvalue weighted by Crippen LogP contribution is 2.32. The van der Waals surface area contributed by atoms with Gasteiger partial charge in [0, 0.05) is 0 Å². The number of esters is 1. The molecule has 0 aliphatic rings. The van der Waals surface area contributed by atoms with E-state index in [2.05, 4.69) is 0 Å². The molecule has 0 spiro atoms. The predicted octanol–water partition coefficient (Wildman–Crippen LogP) is 2.29. The zero-order valence-electron chi connectivity index (χ0n) is 10.9. The van der Waals surface area contributed by atoms with Crippen molar-refractivity contribution in [2.45, 2.75) is 32.6 Å². The van der Waals surface area contributed by atoms with Crippen LogP contribution in [0.1, 0.15) is 31.4 Å². The fourth-order valence-corrected chi connectivity index (χ4v) is 2.10. The Hall–Kier alpha value is -1.84. The molecule has 1 aromatic carbocycles. The van der Waals surface area contributed by atoms with Gasteiger partial charge in [-0.2, -0.15) is 0 Å². The fraction of sp³-hybridized carbons (Fsp3) is 0.429. The van der Waals surface area contributed by atoms with E-state index in [0.717, 1.165) is 5.56 Å². The number of carbonyl (C=O) groups is 2. The van der Waals surface area contributed by atoms with E-state index >= 15 is 0 Å². The molecule has 0 fully saturated rings. The maximum Gasteiger partial charge on any atom is 0.328 e. The Morgan fingerprint density at radius 2 is 1.89 bits per heavy atom. The predicted molar refractivity (Wildman–Crippen MR) is 67.4 cm³/mol. The van der Waals surface area contributed by atoms with Crippen molar-refractivity contribution in [1.82, 2.24) is 0 Å². The van der Waals surface area contributed by atoms with E-state index in [1.807, 2.05) is 6.07 Å². The van der Waals surface area contributed by atoms with Crippen LogP contribution in [0.5, 0.6) is 0 Å². The molecule has 0 aliphatic heterocycles. The molecule has 0 saturated heterocycles. The average molecular weight is 250 g/mol. The van der Waals surface area contributed by atoms with Crippen LogP contribution in [0.25, 0.3) is 0 Å². The summed E-state index contributed by atoms with van der Waals surface area (Å²) in [6.07, 6.45) is 0.159. The van der Waals surface area contributed by atoms with Crippen molar-refractivity contribution < 1.29 is 19.4 Å². The highest BCUT2D eigenvalue weighted by molar-refractivity contribution is 6.05. The van der Waals surface area contributed by atoms with Crippen molar-refractivity contribution in [2.75, 3.05) is 6.61 Å². The van der Waals surface area contributed by atoms with Crippen molar-refractivity contribution in [1.29, 1.82) is 0 Å². The first-order chi connectivity index (χ1) is 8.50. The molecule has 18 heavy (non-hydrogen) atoms. The van der Waals surface area contributed by atoms with Gasteiger partial charge in [-0.3, -0.25) is 9.59 Å². The van der Waals surface area contributed by atoms with Crippen LogP contribution >= 0.6 is 0 Å². The molecule has 0 aromatic heterocycles. The Morgan fingerprint density at radius 3 is 2.33 bits per heavy atom. The maximum absolute atomic E-state index is 12.1. The number of ether oxygens (including phenoxy) is 1. The Balaban J connectivity index is 3.42. The molecule has 0 bridgehead atoms. The first-order valence-electron chi connectivity index (χ1n) is 5.97. The van der Waals surface area contributed by atoms with Crippen LogP contribution in [0.15, 0.2) is 24.3 Å². The third kappa shape index (κ3) is 2.23. The van der Waals surface area contributed by atoms with Gasteiger partial charge in [-0.05, 0) is 31.4 Å². The van der Waals surface area contributed by atoms with Gasteiger partial charge in [0.05, 0.1) is 6.61 Å². The summed E-state index contributed by atoms with van der Waals surface area (Å²) in [5, 5.41) is 9.50. The zero-order valence-corrected chi connectivity index (χ0v) is 10.9. The second-order valence-electron chi connectivity index (χ2n) is 4.10. The lowest BCUT2D eigenvalue weighted by Crippen LogP contribution is -2.45. The van der Waals surface area contributed by atoms with Gasteiger partial charge in [-0.15, -0.1) is 0 Å². The summed E-state index contributed by atoms with van der Waals surface area (Å²) in [6.45, 7) is 5.30. The van der Waals surface area contributed by atoms with E-state index in [9.17, 15) is 14.7 Å². The van der Waals surface area contributed by atoms with Gasteiger partial charge in [0.1, 0.15) is 0 Å². The van der Waals surface area contributed by atoms with E-state index < -0.39 is 17.4 Å². The van der Waals surface area contributed by atoms with Crippen LogP contribution in [0.3, 0.4) is 0 Å². The third-order valence-electron chi connectivity index (χ3n) is 3.12. The fourth-order valence-electron chi connectivity index (χ4n) is 2.10. The molecule has 0 aliphatic carbocycles. The van der Waals surface area contributed by atoms with Crippen molar-refractivity contribution >= 4 is 11.9 Å². The number of aliphatic carboxylic acids is 1. The average Bonchev–Trinajstić information content (AvgIpc) is 2.33. The number of carboxylic acid groups (broad SMARTS) is 1. The second kappa shape index (κ2) is 5.67. The molecule has 4 nitrogen and oxygen atoms in total. The number of hydrogen-bond donors (Lipinski definition) is 1. The minimum Gasteiger partial charge on any atom is -0.480 e. The third-order valence-corrected chi connectivity index (χ3v) is 3.12. The van der Waals surface area contributed by atoms with Crippen LogP contribution in [-0.4, -0.2) is 23.7 Å². The van der Waals surface area contributed by atoms with Gasteiger partial charge >= 0.3 is 11.9 Å². The summed E-state index contributed by atoms with van der Waals surface area (Å²) >= 11 is 0. The Labute approximate surface area is 107 Å². The van der Waals surface area contributed by atoms with E-state index in [-0.39, 0.29) is 13.0 Å². The molecule has 1 unspecified atom stereocenters. The maximum atomic E-state index is 12.1. The van der Waals surface area contributed by atoms with Gasteiger partial charge < -0.3 is 9.84 Å². The first-order valence-corrected chi connectivity index (χ1v) is 5.97. The van der Waals surface area contributed by atoms with Crippen molar-refractivity contribution in [3.63, 3.8) is 0 Å². The number of carboxylic acids is 1. The number of aryl methyl sites for hydroxylation is 1. The zero-order chi connectivity index (χ0) is 13.8. The minimum absolute atomic E-state index is 0.159. The molecule has 0 heterocycles. The number of hydrogen-bond acceptors (Lipinski definition) is 3. The highest BCUT2D eigenvalue weighted by Gasteiger charge is 2.48. The standard InChI is InChI=1S/C14H18O4/c1-4-14(12(15)16,13(17)18-5-2)11-9-7-6-8-10(11)3/h6-9H,4-5H2,1-3H3,(H,15,16). The van der Waals surface area contributed by atoms with Crippen LogP contribution in [0.2, 0.25) is 0 Å². The molecular weight excluding hydrogens is 232 g/mol. The van der Waals surface area contributed by atoms with E-state index in [0.29, 0.717) is 5.56 Å². The lowest BCUT2D eigenvalue weighted by molar-refractivity contribution is -0.161. The molecule has 98 valence electrons. The van der Waals surface area contributed by atoms with Gasteiger partial charge in [-0.25, -0.2) is 0 Å². The summed E-state index contributed by atoms with van der Waals surface area (Å²) in [6, 6.07) is 7.01. The summed E-state index contributed by atoms with van der Waals surface area (Å²) in [5.41, 5.74) is -0.338. The van der Waals surface area contributed by atoms with Crippen molar-refractivity contribution in [3.8, 4) is 0 Å².